The summed E-state index contributed by atoms with van der Waals surface area (Å²) in [5.41, 5.74) is 0. The average Bonchev–Trinajstić information content (AvgIpc) is 2.42. The third-order valence-corrected chi connectivity index (χ3v) is 3.98. The van der Waals surface area contributed by atoms with E-state index in [4.69, 9.17) is 4.74 Å². The second-order valence-electron chi connectivity index (χ2n) is 6.07. The van der Waals surface area contributed by atoms with Crippen LogP contribution in [-0.2, 0) is 9.53 Å². The molecule has 1 heterocycles. The SMILES string of the molecule is CC1CCCC/C=C\CCCCCCCCCC(=O)O1. The lowest BCUT2D eigenvalue weighted by Gasteiger charge is -2.13. The van der Waals surface area contributed by atoms with Crippen molar-refractivity contribution in [2.75, 3.05) is 0 Å². The van der Waals surface area contributed by atoms with Gasteiger partial charge in [0.25, 0.3) is 0 Å². The van der Waals surface area contributed by atoms with Gasteiger partial charge in [0.2, 0.25) is 0 Å². The molecule has 1 atom stereocenters. The Kier molecular flexibility index (Phi) is 10.3. The molecule has 0 amide bonds. The van der Waals surface area contributed by atoms with Crippen LogP contribution in [0.15, 0.2) is 12.2 Å². The molecule has 0 aromatic rings. The largest absolute Gasteiger partial charge is 0.463 e. The summed E-state index contributed by atoms with van der Waals surface area (Å²) in [5.74, 6) is -0.00138. The van der Waals surface area contributed by atoms with Gasteiger partial charge in [0.1, 0.15) is 0 Å². The molecule has 0 aromatic heterocycles. The highest BCUT2D eigenvalue weighted by molar-refractivity contribution is 5.69. The topological polar surface area (TPSA) is 26.3 Å². The summed E-state index contributed by atoms with van der Waals surface area (Å²) in [4.78, 5) is 11.7. The highest BCUT2D eigenvalue weighted by Gasteiger charge is 2.08. The van der Waals surface area contributed by atoms with Gasteiger partial charge in [-0.3, -0.25) is 4.79 Å². The molecule has 1 aliphatic rings. The van der Waals surface area contributed by atoms with E-state index in [0.29, 0.717) is 6.42 Å². The molecule has 0 N–H and O–H groups in total. The van der Waals surface area contributed by atoms with E-state index < -0.39 is 0 Å². The number of hydrogen-bond donors (Lipinski definition) is 0. The van der Waals surface area contributed by atoms with Crippen LogP contribution in [0.2, 0.25) is 0 Å². The monoisotopic (exact) mass is 280 g/mol. The van der Waals surface area contributed by atoms with Crippen LogP contribution >= 0.6 is 0 Å². The van der Waals surface area contributed by atoms with E-state index in [2.05, 4.69) is 12.2 Å². The standard InChI is InChI=1S/C18H32O2/c1-17-15-13-11-9-7-5-3-2-4-6-8-10-12-14-16-18(19)20-17/h5,7,17H,2-4,6,8-16H2,1H3/b7-5-. The lowest BCUT2D eigenvalue weighted by molar-refractivity contribution is -0.148. The molecule has 0 aromatic carbocycles. The molecule has 0 spiro atoms. The van der Waals surface area contributed by atoms with Gasteiger partial charge < -0.3 is 4.74 Å². The number of allylic oxidation sites excluding steroid dienone is 2. The van der Waals surface area contributed by atoms with Crippen molar-refractivity contribution >= 4 is 5.97 Å². The smallest absolute Gasteiger partial charge is 0.306 e. The summed E-state index contributed by atoms with van der Waals surface area (Å²) in [6.45, 7) is 2.02. The molecule has 0 radical (unpaired) electrons. The summed E-state index contributed by atoms with van der Waals surface area (Å²) >= 11 is 0. The maximum atomic E-state index is 11.7. The highest BCUT2D eigenvalue weighted by atomic mass is 16.5. The Labute approximate surface area is 125 Å². The molecule has 1 rings (SSSR count). The van der Waals surface area contributed by atoms with Crippen molar-refractivity contribution in [3.63, 3.8) is 0 Å². The first-order chi connectivity index (χ1) is 9.79. The van der Waals surface area contributed by atoms with Crippen molar-refractivity contribution in [2.24, 2.45) is 0 Å². The third-order valence-electron chi connectivity index (χ3n) is 3.98. The number of ether oxygens (including phenoxy) is 1. The highest BCUT2D eigenvalue weighted by Crippen LogP contribution is 2.13. The molecule has 116 valence electrons. The van der Waals surface area contributed by atoms with E-state index in [1.54, 1.807) is 0 Å². The van der Waals surface area contributed by atoms with Gasteiger partial charge in [-0.1, -0.05) is 44.3 Å². The van der Waals surface area contributed by atoms with Gasteiger partial charge in [-0.25, -0.2) is 0 Å². The second kappa shape index (κ2) is 12.0. The molecule has 0 bridgehead atoms. The Bertz CT molecular complexity index is 271. The zero-order valence-electron chi connectivity index (χ0n) is 13.2. The van der Waals surface area contributed by atoms with Crippen LogP contribution in [0, 0.1) is 0 Å². The van der Waals surface area contributed by atoms with Crippen LogP contribution in [0.3, 0.4) is 0 Å². The lowest BCUT2D eigenvalue weighted by Crippen LogP contribution is -2.14. The van der Waals surface area contributed by atoms with Crippen molar-refractivity contribution in [2.45, 2.75) is 96.5 Å². The van der Waals surface area contributed by atoms with E-state index in [9.17, 15) is 4.79 Å². The molecule has 0 fully saturated rings. The molecule has 20 heavy (non-hydrogen) atoms. The van der Waals surface area contributed by atoms with Crippen molar-refractivity contribution in [3.8, 4) is 0 Å². The molecule has 2 nitrogen and oxygen atoms in total. The van der Waals surface area contributed by atoms with Crippen molar-refractivity contribution in [3.05, 3.63) is 12.2 Å². The summed E-state index contributed by atoms with van der Waals surface area (Å²) < 4.78 is 5.44. The number of carbonyl (C=O) groups is 1. The predicted molar refractivity (Wildman–Crippen MR) is 84.7 cm³/mol. The molecular formula is C18H32O2. The molecule has 0 saturated heterocycles. The quantitative estimate of drug-likeness (QED) is 0.429. The first-order valence-electron chi connectivity index (χ1n) is 8.63. The fraction of sp³-hybridized carbons (Fsp3) is 0.833. The summed E-state index contributed by atoms with van der Waals surface area (Å²) in [7, 11) is 0. The van der Waals surface area contributed by atoms with Crippen molar-refractivity contribution in [1.82, 2.24) is 0 Å². The Morgan fingerprint density at radius 1 is 0.850 bits per heavy atom. The summed E-state index contributed by atoms with van der Waals surface area (Å²) in [6.07, 6.45) is 19.9. The van der Waals surface area contributed by atoms with Crippen molar-refractivity contribution in [1.29, 1.82) is 0 Å². The number of carbonyl (C=O) groups excluding carboxylic acids is 1. The third kappa shape index (κ3) is 10.1. The van der Waals surface area contributed by atoms with Gasteiger partial charge in [0.05, 0.1) is 6.10 Å². The van der Waals surface area contributed by atoms with E-state index in [0.717, 1.165) is 19.3 Å². The van der Waals surface area contributed by atoms with Crippen LogP contribution < -0.4 is 0 Å². The summed E-state index contributed by atoms with van der Waals surface area (Å²) in [5, 5.41) is 0. The normalized spacial score (nSPS) is 27.1. The zero-order chi connectivity index (χ0) is 14.5. The molecule has 1 unspecified atom stereocenters. The van der Waals surface area contributed by atoms with Crippen LogP contribution in [0.5, 0.6) is 0 Å². The minimum atomic E-state index is -0.00138. The Morgan fingerprint density at radius 2 is 1.40 bits per heavy atom. The fourth-order valence-corrected chi connectivity index (χ4v) is 2.69. The van der Waals surface area contributed by atoms with Crippen LogP contribution in [0.4, 0.5) is 0 Å². The molecule has 0 aliphatic carbocycles. The minimum Gasteiger partial charge on any atom is -0.463 e. The maximum absolute atomic E-state index is 11.7. The first kappa shape index (κ1) is 17.3. The minimum absolute atomic E-state index is 0.00138. The van der Waals surface area contributed by atoms with Crippen molar-refractivity contribution < 1.29 is 9.53 Å². The zero-order valence-corrected chi connectivity index (χ0v) is 13.2. The molecular weight excluding hydrogens is 248 g/mol. The van der Waals surface area contributed by atoms with E-state index in [1.165, 1.54) is 57.8 Å². The van der Waals surface area contributed by atoms with Gasteiger partial charge >= 0.3 is 5.97 Å². The second-order valence-corrected chi connectivity index (χ2v) is 6.07. The van der Waals surface area contributed by atoms with Crippen LogP contribution in [-0.4, -0.2) is 12.1 Å². The van der Waals surface area contributed by atoms with E-state index in [1.807, 2.05) is 6.92 Å². The Hall–Kier alpha value is -0.790. The fourth-order valence-electron chi connectivity index (χ4n) is 2.69. The predicted octanol–water partition coefficient (Wildman–Crippen LogP) is 5.56. The average molecular weight is 280 g/mol. The summed E-state index contributed by atoms with van der Waals surface area (Å²) in [6, 6.07) is 0. The Morgan fingerprint density at radius 3 is 2.10 bits per heavy atom. The van der Waals surface area contributed by atoms with Gasteiger partial charge in [-0.15, -0.1) is 0 Å². The maximum Gasteiger partial charge on any atom is 0.306 e. The van der Waals surface area contributed by atoms with Gasteiger partial charge in [-0.05, 0) is 51.9 Å². The van der Waals surface area contributed by atoms with E-state index >= 15 is 0 Å². The van der Waals surface area contributed by atoms with E-state index in [-0.39, 0.29) is 12.1 Å². The lowest BCUT2D eigenvalue weighted by atomic mass is 10.1. The molecule has 2 heteroatoms. The number of hydrogen-bond acceptors (Lipinski definition) is 2. The van der Waals surface area contributed by atoms with Crippen LogP contribution in [0.25, 0.3) is 0 Å². The Balaban J connectivity index is 2.25. The first-order valence-corrected chi connectivity index (χ1v) is 8.63. The number of rotatable bonds is 0. The molecule has 0 saturated carbocycles. The van der Waals surface area contributed by atoms with Crippen LogP contribution in [0.1, 0.15) is 90.4 Å². The van der Waals surface area contributed by atoms with Gasteiger partial charge in [0.15, 0.2) is 0 Å². The number of esters is 1. The molecule has 1 aliphatic heterocycles. The number of cyclic esters (lactones) is 1. The van der Waals surface area contributed by atoms with Gasteiger partial charge in [0, 0.05) is 6.42 Å². The van der Waals surface area contributed by atoms with Gasteiger partial charge in [-0.2, -0.15) is 0 Å².